The van der Waals surface area contributed by atoms with Gasteiger partial charge >= 0.3 is 0 Å². The molecular formula is C11H13N5O3S. The summed E-state index contributed by atoms with van der Waals surface area (Å²) in [7, 11) is -3.83. The summed E-state index contributed by atoms with van der Waals surface area (Å²) in [6.45, 7) is 0.0752. The molecule has 9 heteroatoms. The Hall–Kier alpha value is -2.31. The number of H-pyrrole nitrogens is 1. The monoisotopic (exact) mass is 295 g/mol. The number of nitrogens with one attached hydrogen (secondary N) is 1. The van der Waals surface area contributed by atoms with Crippen LogP contribution in [0.2, 0.25) is 0 Å². The van der Waals surface area contributed by atoms with Crippen molar-refractivity contribution in [2.24, 2.45) is 0 Å². The van der Waals surface area contributed by atoms with E-state index in [1.165, 1.54) is 6.26 Å². The molecule has 0 radical (unpaired) electrons. The zero-order chi connectivity index (χ0) is 14.6. The van der Waals surface area contributed by atoms with Crippen LogP contribution in [0.1, 0.15) is 12.2 Å². The Morgan fingerprint density at radius 2 is 2.35 bits per heavy atom. The van der Waals surface area contributed by atoms with Gasteiger partial charge < -0.3 is 10.2 Å². The molecule has 0 fully saturated rings. The second-order valence-electron chi connectivity index (χ2n) is 3.97. The third-order valence-electron chi connectivity index (χ3n) is 2.64. The lowest BCUT2D eigenvalue weighted by molar-refractivity contribution is 0.368. The molecular weight excluding hydrogens is 282 g/mol. The number of nitriles is 1. The summed E-state index contributed by atoms with van der Waals surface area (Å²) in [5.74, 6) is 0.444. The van der Waals surface area contributed by atoms with Crippen molar-refractivity contribution < 1.29 is 12.8 Å². The number of hydrogen-bond donors (Lipinski definition) is 2. The van der Waals surface area contributed by atoms with Crippen molar-refractivity contribution in [3.8, 4) is 6.07 Å². The van der Waals surface area contributed by atoms with Crippen LogP contribution in [0, 0.1) is 11.3 Å². The van der Waals surface area contributed by atoms with Gasteiger partial charge in [-0.15, -0.1) is 0 Å². The molecule has 0 aliphatic rings. The lowest BCUT2D eigenvalue weighted by Crippen LogP contribution is -2.31. The number of furan rings is 1. The number of aromatic nitrogens is 2. The SMILES string of the molecule is N#CCCN(Cc1ccco1)S(=O)(=O)c1cn[nH]c1N. The predicted octanol–water partition coefficient (Wildman–Crippen LogP) is 0.689. The summed E-state index contributed by atoms with van der Waals surface area (Å²) in [6, 6.07) is 5.24. The maximum atomic E-state index is 12.5. The lowest BCUT2D eigenvalue weighted by Gasteiger charge is -2.19. The van der Waals surface area contributed by atoms with Crippen LogP contribution in [-0.2, 0) is 16.6 Å². The van der Waals surface area contributed by atoms with E-state index < -0.39 is 10.0 Å². The Labute approximate surface area is 115 Å². The van der Waals surface area contributed by atoms with E-state index >= 15 is 0 Å². The van der Waals surface area contributed by atoms with Gasteiger partial charge in [0.05, 0.1) is 25.1 Å². The molecule has 0 amide bonds. The van der Waals surface area contributed by atoms with Crippen LogP contribution in [0.15, 0.2) is 33.9 Å². The summed E-state index contributed by atoms with van der Waals surface area (Å²) in [4.78, 5) is -0.109. The number of hydrogen-bond acceptors (Lipinski definition) is 6. The molecule has 3 N–H and O–H groups in total. The molecule has 2 aromatic heterocycles. The number of sulfonamides is 1. The fourth-order valence-corrected chi connectivity index (χ4v) is 3.08. The molecule has 0 unspecified atom stereocenters. The Balaban J connectivity index is 2.30. The highest BCUT2D eigenvalue weighted by Crippen LogP contribution is 2.22. The number of anilines is 1. The molecule has 0 atom stereocenters. The summed E-state index contributed by atoms with van der Waals surface area (Å²) in [5, 5.41) is 14.6. The lowest BCUT2D eigenvalue weighted by atomic mass is 10.4. The van der Waals surface area contributed by atoms with Gasteiger partial charge in [0, 0.05) is 13.0 Å². The topological polar surface area (TPSA) is 129 Å². The van der Waals surface area contributed by atoms with E-state index in [0.29, 0.717) is 5.76 Å². The average Bonchev–Trinajstić information content (AvgIpc) is 3.05. The fourth-order valence-electron chi connectivity index (χ4n) is 1.67. The number of rotatable bonds is 6. The van der Waals surface area contributed by atoms with Crippen LogP contribution in [-0.4, -0.2) is 29.5 Å². The van der Waals surface area contributed by atoms with Crippen molar-refractivity contribution in [2.75, 3.05) is 12.3 Å². The Kier molecular flexibility index (Phi) is 4.07. The second kappa shape index (κ2) is 5.77. The molecule has 2 aromatic rings. The van der Waals surface area contributed by atoms with Gasteiger partial charge in [0.1, 0.15) is 16.5 Å². The van der Waals surface area contributed by atoms with Gasteiger partial charge in [-0.1, -0.05) is 0 Å². The number of nitrogens with two attached hydrogens (primary N) is 1. The number of nitrogen functional groups attached to an aromatic ring is 1. The van der Waals surface area contributed by atoms with Crippen LogP contribution < -0.4 is 5.73 Å². The normalized spacial score (nSPS) is 11.6. The Morgan fingerprint density at radius 3 is 2.90 bits per heavy atom. The van der Waals surface area contributed by atoms with E-state index in [9.17, 15) is 8.42 Å². The van der Waals surface area contributed by atoms with Gasteiger partial charge in [0.15, 0.2) is 0 Å². The second-order valence-corrected chi connectivity index (χ2v) is 5.88. The molecule has 0 spiro atoms. The van der Waals surface area contributed by atoms with Gasteiger partial charge in [0.2, 0.25) is 10.0 Å². The molecule has 8 nitrogen and oxygen atoms in total. The van der Waals surface area contributed by atoms with Crippen LogP contribution in [0.3, 0.4) is 0 Å². The van der Waals surface area contributed by atoms with Crippen molar-refractivity contribution >= 4 is 15.8 Å². The molecule has 0 aliphatic heterocycles. The average molecular weight is 295 g/mol. The van der Waals surface area contributed by atoms with E-state index in [4.69, 9.17) is 15.4 Å². The zero-order valence-electron chi connectivity index (χ0n) is 10.5. The van der Waals surface area contributed by atoms with E-state index in [0.717, 1.165) is 10.5 Å². The molecule has 2 heterocycles. The van der Waals surface area contributed by atoms with E-state index in [2.05, 4.69) is 10.2 Å². The highest BCUT2D eigenvalue weighted by molar-refractivity contribution is 7.89. The minimum atomic E-state index is -3.83. The van der Waals surface area contributed by atoms with Gasteiger partial charge in [-0.3, -0.25) is 5.10 Å². The van der Waals surface area contributed by atoms with Crippen LogP contribution in [0.4, 0.5) is 5.82 Å². The van der Waals surface area contributed by atoms with E-state index in [-0.39, 0.29) is 30.2 Å². The first-order valence-electron chi connectivity index (χ1n) is 5.74. The van der Waals surface area contributed by atoms with Crippen molar-refractivity contribution in [1.29, 1.82) is 5.26 Å². The maximum absolute atomic E-state index is 12.5. The largest absolute Gasteiger partial charge is 0.468 e. The Morgan fingerprint density at radius 1 is 1.55 bits per heavy atom. The smallest absolute Gasteiger partial charge is 0.248 e. The number of nitrogens with zero attached hydrogens (tertiary/aromatic N) is 3. The summed E-state index contributed by atoms with van der Waals surface area (Å²) in [5.41, 5.74) is 5.55. The van der Waals surface area contributed by atoms with E-state index in [1.807, 2.05) is 6.07 Å². The molecule has 0 aromatic carbocycles. The summed E-state index contributed by atoms with van der Waals surface area (Å²) < 4.78 is 31.2. The summed E-state index contributed by atoms with van der Waals surface area (Å²) >= 11 is 0. The van der Waals surface area contributed by atoms with Crippen LogP contribution in [0.5, 0.6) is 0 Å². The van der Waals surface area contributed by atoms with Crippen molar-refractivity contribution in [2.45, 2.75) is 17.9 Å². The molecule has 0 saturated carbocycles. The van der Waals surface area contributed by atoms with Gasteiger partial charge in [-0.25, -0.2) is 8.42 Å². The Bertz CT molecular complexity index is 699. The molecule has 2 rings (SSSR count). The molecule has 20 heavy (non-hydrogen) atoms. The maximum Gasteiger partial charge on any atom is 0.248 e. The van der Waals surface area contributed by atoms with Crippen molar-refractivity contribution in [1.82, 2.24) is 14.5 Å². The molecule has 0 bridgehead atoms. The van der Waals surface area contributed by atoms with Crippen LogP contribution in [0.25, 0.3) is 0 Å². The molecule has 0 saturated heterocycles. The van der Waals surface area contributed by atoms with Crippen LogP contribution >= 0.6 is 0 Å². The first-order valence-corrected chi connectivity index (χ1v) is 7.18. The number of aromatic amines is 1. The van der Waals surface area contributed by atoms with Crippen molar-refractivity contribution in [3.05, 3.63) is 30.4 Å². The van der Waals surface area contributed by atoms with Gasteiger partial charge in [-0.2, -0.15) is 14.7 Å². The quantitative estimate of drug-likeness (QED) is 0.806. The minimum Gasteiger partial charge on any atom is -0.468 e. The molecule has 106 valence electrons. The fraction of sp³-hybridized carbons (Fsp3) is 0.273. The zero-order valence-corrected chi connectivity index (χ0v) is 11.3. The van der Waals surface area contributed by atoms with Gasteiger partial charge in [0.25, 0.3) is 0 Å². The van der Waals surface area contributed by atoms with Crippen molar-refractivity contribution in [3.63, 3.8) is 0 Å². The predicted molar refractivity (Wildman–Crippen MR) is 69.5 cm³/mol. The third-order valence-corrected chi connectivity index (χ3v) is 4.51. The standard InChI is InChI=1S/C11H13N5O3S/c12-4-2-5-16(8-9-3-1-6-19-9)20(17,18)10-7-14-15-11(10)13/h1,3,6-7H,2,5,8H2,(H3,13,14,15). The third kappa shape index (κ3) is 2.81. The van der Waals surface area contributed by atoms with Gasteiger partial charge in [-0.05, 0) is 12.1 Å². The highest BCUT2D eigenvalue weighted by Gasteiger charge is 2.28. The van der Waals surface area contributed by atoms with E-state index in [1.54, 1.807) is 12.1 Å². The summed E-state index contributed by atoms with van der Waals surface area (Å²) in [6.07, 6.45) is 2.67. The minimum absolute atomic E-state index is 0.0294. The molecule has 0 aliphatic carbocycles. The highest BCUT2D eigenvalue weighted by atomic mass is 32.2. The first-order chi connectivity index (χ1) is 9.55. The first kappa shape index (κ1) is 14.1.